The quantitative estimate of drug-likeness (QED) is 0.324. The van der Waals surface area contributed by atoms with Crippen molar-refractivity contribution >= 4 is 11.3 Å². The zero-order chi connectivity index (χ0) is 10.2. The average Bonchev–Trinajstić information content (AvgIpc) is 2.69. The Morgan fingerprint density at radius 2 is 2.50 bits per heavy atom. The van der Waals surface area contributed by atoms with Crippen LogP contribution in [0.15, 0.2) is 16.8 Å². The van der Waals surface area contributed by atoms with Gasteiger partial charge in [-0.15, -0.1) is 12.3 Å². The van der Waals surface area contributed by atoms with Crippen molar-refractivity contribution in [2.45, 2.75) is 31.7 Å². The summed E-state index contributed by atoms with van der Waals surface area (Å²) < 4.78 is 0. The standard InChI is InChI=1S/C11H16N2S/c1-2-3-4-5-11(13-12)8-10-6-7-14-9-10/h1,6-7,9,11,13H,3-5,8,12H2. The zero-order valence-electron chi connectivity index (χ0n) is 8.20. The molecule has 0 aromatic carbocycles. The predicted octanol–water partition coefficient (Wildman–Crippen LogP) is 1.93. The number of hydrazine groups is 1. The molecule has 0 fully saturated rings. The van der Waals surface area contributed by atoms with Crippen LogP contribution in [0.3, 0.4) is 0 Å². The van der Waals surface area contributed by atoms with Crippen LogP contribution in [0.25, 0.3) is 0 Å². The number of unbranched alkanes of at least 4 members (excludes halogenated alkanes) is 1. The van der Waals surface area contributed by atoms with Gasteiger partial charge in [-0.1, -0.05) is 0 Å². The van der Waals surface area contributed by atoms with E-state index in [4.69, 9.17) is 12.3 Å². The molecule has 0 bridgehead atoms. The zero-order valence-corrected chi connectivity index (χ0v) is 9.02. The van der Waals surface area contributed by atoms with Crippen LogP contribution < -0.4 is 11.3 Å². The van der Waals surface area contributed by atoms with E-state index in [9.17, 15) is 0 Å². The molecule has 1 aromatic rings. The second-order valence-corrected chi connectivity index (χ2v) is 4.08. The number of nitrogens with two attached hydrogens (primary N) is 1. The maximum atomic E-state index is 5.47. The number of rotatable bonds is 6. The van der Waals surface area contributed by atoms with E-state index in [2.05, 4.69) is 28.2 Å². The minimum atomic E-state index is 0.345. The van der Waals surface area contributed by atoms with Gasteiger partial charge in [-0.25, -0.2) is 0 Å². The van der Waals surface area contributed by atoms with E-state index in [-0.39, 0.29) is 0 Å². The summed E-state index contributed by atoms with van der Waals surface area (Å²) in [5.41, 5.74) is 4.18. The van der Waals surface area contributed by atoms with Crippen molar-refractivity contribution in [2.75, 3.05) is 0 Å². The predicted molar refractivity (Wildman–Crippen MR) is 61.8 cm³/mol. The van der Waals surface area contributed by atoms with Crippen LogP contribution >= 0.6 is 11.3 Å². The molecule has 3 heteroatoms. The van der Waals surface area contributed by atoms with E-state index < -0.39 is 0 Å². The van der Waals surface area contributed by atoms with E-state index in [1.54, 1.807) is 11.3 Å². The Balaban J connectivity index is 2.29. The number of hydrogen-bond donors (Lipinski definition) is 2. The van der Waals surface area contributed by atoms with E-state index in [1.165, 1.54) is 5.56 Å². The fourth-order valence-electron chi connectivity index (χ4n) is 1.39. The van der Waals surface area contributed by atoms with Crippen molar-refractivity contribution < 1.29 is 0 Å². The molecule has 0 aliphatic heterocycles. The Kier molecular flexibility index (Phi) is 5.31. The monoisotopic (exact) mass is 208 g/mol. The molecular weight excluding hydrogens is 192 g/mol. The van der Waals surface area contributed by atoms with Crippen LogP contribution in [-0.4, -0.2) is 6.04 Å². The minimum Gasteiger partial charge on any atom is -0.271 e. The average molecular weight is 208 g/mol. The fraction of sp³-hybridized carbons (Fsp3) is 0.455. The summed E-state index contributed by atoms with van der Waals surface area (Å²) in [5.74, 6) is 8.11. The highest BCUT2D eigenvalue weighted by atomic mass is 32.1. The van der Waals surface area contributed by atoms with Crippen molar-refractivity contribution in [3.8, 4) is 12.3 Å². The molecule has 1 rings (SSSR count). The Morgan fingerprint density at radius 1 is 1.64 bits per heavy atom. The number of nitrogens with one attached hydrogen (secondary N) is 1. The van der Waals surface area contributed by atoms with Crippen LogP contribution in [0.2, 0.25) is 0 Å². The second kappa shape index (κ2) is 6.61. The third kappa shape index (κ3) is 3.93. The maximum Gasteiger partial charge on any atom is 0.0251 e. The number of thiophene rings is 1. The highest BCUT2D eigenvalue weighted by Gasteiger charge is 2.06. The molecule has 0 aliphatic carbocycles. The Labute approximate surface area is 89.5 Å². The van der Waals surface area contributed by atoms with Gasteiger partial charge in [0.1, 0.15) is 0 Å². The van der Waals surface area contributed by atoms with Gasteiger partial charge in [0.15, 0.2) is 0 Å². The third-order valence-electron chi connectivity index (χ3n) is 2.17. The molecule has 1 heterocycles. The van der Waals surface area contributed by atoms with Gasteiger partial charge in [0.25, 0.3) is 0 Å². The molecule has 0 amide bonds. The van der Waals surface area contributed by atoms with Gasteiger partial charge < -0.3 is 0 Å². The van der Waals surface area contributed by atoms with Gasteiger partial charge in [-0.05, 0) is 41.7 Å². The summed E-state index contributed by atoms with van der Waals surface area (Å²) in [6, 6.07) is 2.48. The van der Waals surface area contributed by atoms with Gasteiger partial charge in [0, 0.05) is 12.5 Å². The van der Waals surface area contributed by atoms with Crippen LogP contribution in [0.1, 0.15) is 24.8 Å². The normalized spacial score (nSPS) is 12.3. The largest absolute Gasteiger partial charge is 0.271 e. The first kappa shape index (κ1) is 11.3. The van der Waals surface area contributed by atoms with Crippen LogP contribution in [-0.2, 0) is 6.42 Å². The lowest BCUT2D eigenvalue weighted by Crippen LogP contribution is -2.36. The van der Waals surface area contributed by atoms with Crippen molar-refractivity contribution in [1.29, 1.82) is 0 Å². The maximum absolute atomic E-state index is 5.47. The van der Waals surface area contributed by atoms with E-state index in [0.717, 1.165) is 25.7 Å². The second-order valence-electron chi connectivity index (χ2n) is 3.30. The van der Waals surface area contributed by atoms with E-state index >= 15 is 0 Å². The molecule has 0 spiro atoms. The summed E-state index contributed by atoms with van der Waals surface area (Å²) in [7, 11) is 0. The van der Waals surface area contributed by atoms with Crippen molar-refractivity contribution in [1.82, 2.24) is 5.43 Å². The molecule has 14 heavy (non-hydrogen) atoms. The lowest BCUT2D eigenvalue weighted by Gasteiger charge is -2.13. The lowest BCUT2D eigenvalue weighted by atomic mass is 10.0. The molecule has 3 N–H and O–H groups in total. The van der Waals surface area contributed by atoms with Gasteiger partial charge in [0.2, 0.25) is 0 Å². The molecule has 76 valence electrons. The summed E-state index contributed by atoms with van der Waals surface area (Å²) in [5, 5.41) is 4.25. The summed E-state index contributed by atoms with van der Waals surface area (Å²) in [6.07, 6.45) is 9.09. The highest BCUT2D eigenvalue weighted by Crippen LogP contribution is 2.11. The van der Waals surface area contributed by atoms with Gasteiger partial charge >= 0.3 is 0 Å². The highest BCUT2D eigenvalue weighted by molar-refractivity contribution is 7.07. The topological polar surface area (TPSA) is 38.0 Å². The van der Waals surface area contributed by atoms with Crippen LogP contribution in [0, 0.1) is 12.3 Å². The SMILES string of the molecule is C#CCCCC(Cc1ccsc1)NN. The molecule has 1 unspecified atom stereocenters. The van der Waals surface area contributed by atoms with E-state index in [0.29, 0.717) is 6.04 Å². The minimum absolute atomic E-state index is 0.345. The smallest absolute Gasteiger partial charge is 0.0251 e. The van der Waals surface area contributed by atoms with Crippen molar-refractivity contribution in [3.63, 3.8) is 0 Å². The molecule has 0 saturated carbocycles. The van der Waals surface area contributed by atoms with E-state index in [1.807, 2.05) is 0 Å². The number of terminal acetylenes is 1. The first-order chi connectivity index (χ1) is 6.86. The van der Waals surface area contributed by atoms with Crippen molar-refractivity contribution in [3.05, 3.63) is 22.4 Å². The molecule has 0 aliphatic rings. The summed E-state index contributed by atoms with van der Waals surface area (Å²) in [4.78, 5) is 0. The van der Waals surface area contributed by atoms with Gasteiger partial charge in [-0.3, -0.25) is 11.3 Å². The van der Waals surface area contributed by atoms with Crippen LogP contribution in [0.5, 0.6) is 0 Å². The summed E-state index contributed by atoms with van der Waals surface area (Å²) in [6.45, 7) is 0. The summed E-state index contributed by atoms with van der Waals surface area (Å²) >= 11 is 1.72. The lowest BCUT2D eigenvalue weighted by molar-refractivity contribution is 0.480. The first-order valence-corrected chi connectivity index (χ1v) is 5.71. The molecular formula is C11H16N2S. The third-order valence-corrected chi connectivity index (χ3v) is 2.90. The Hall–Kier alpha value is -0.820. The molecule has 1 atom stereocenters. The molecule has 0 saturated heterocycles. The van der Waals surface area contributed by atoms with Gasteiger partial charge in [-0.2, -0.15) is 11.3 Å². The molecule has 1 aromatic heterocycles. The fourth-order valence-corrected chi connectivity index (χ4v) is 2.07. The molecule has 0 radical (unpaired) electrons. The number of hydrogen-bond acceptors (Lipinski definition) is 3. The van der Waals surface area contributed by atoms with Crippen molar-refractivity contribution in [2.24, 2.45) is 5.84 Å². The first-order valence-electron chi connectivity index (χ1n) is 4.77. The van der Waals surface area contributed by atoms with Gasteiger partial charge in [0.05, 0.1) is 0 Å². The Bertz CT molecular complexity index is 274. The van der Waals surface area contributed by atoms with Crippen LogP contribution in [0.4, 0.5) is 0 Å². The molecule has 2 nitrogen and oxygen atoms in total. The Morgan fingerprint density at radius 3 is 3.07 bits per heavy atom.